The molecule has 0 saturated heterocycles. The number of aromatic nitrogens is 4. The van der Waals surface area contributed by atoms with Crippen molar-refractivity contribution in [1.82, 2.24) is 20.0 Å². The second kappa shape index (κ2) is 5.90. The Labute approximate surface area is 133 Å². The van der Waals surface area contributed by atoms with Crippen LogP contribution in [0.25, 0.3) is 11.4 Å². The van der Waals surface area contributed by atoms with Gasteiger partial charge in [-0.15, -0.1) is 10.2 Å². The smallest absolute Gasteiger partial charge is 0.210 e. The summed E-state index contributed by atoms with van der Waals surface area (Å²) in [6, 6.07) is 9.63. The summed E-state index contributed by atoms with van der Waals surface area (Å²) in [7, 11) is 0. The van der Waals surface area contributed by atoms with Gasteiger partial charge in [-0.05, 0) is 19.1 Å². The van der Waals surface area contributed by atoms with Crippen molar-refractivity contribution in [2.24, 2.45) is 0 Å². The number of halogens is 1. The Balaban J connectivity index is 1.81. The van der Waals surface area contributed by atoms with Crippen LogP contribution < -0.4 is 5.84 Å². The molecule has 0 unspecified atom stereocenters. The van der Waals surface area contributed by atoms with Crippen LogP contribution in [0.3, 0.4) is 0 Å². The summed E-state index contributed by atoms with van der Waals surface area (Å²) in [5.41, 5.74) is 1.75. The van der Waals surface area contributed by atoms with Crippen LogP contribution in [0.5, 0.6) is 0 Å². The minimum absolute atomic E-state index is 0.612. The van der Waals surface area contributed by atoms with Gasteiger partial charge in [0.05, 0.1) is 5.69 Å². The van der Waals surface area contributed by atoms with E-state index in [2.05, 4.69) is 31.3 Å². The van der Waals surface area contributed by atoms with Gasteiger partial charge in [-0.3, -0.25) is 0 Å². The third kappa shape index (κ3) is 2.96. The maximum Gasteiger partial charge on any atom is 0.210 e. The van der Waals surface area contributed by atoms with E-state index >= 15 is 0 Å². The van der Waals surface area contributed by atoms with Crippen molar-refractivity contribution in [3.8, 4) is 11.4 Å². The van der Waals surface area contributed by atoms with Crippen molar-refractivity contribution >= 4 is 27.7 Å². The molecule has 0 bridgehead atoms. The summed E-state index contributed by atoms with van der Waals surface area (Å²) in [6.45, 7) is 1.86. The number of hydrogen-bond acceptors (Lipinski definition) is 6. The molecule has 6 nitrogen and oxygen atoms in total. The van der Waals surface area contributed by atoms with Crippen LogP contribution in [0.4, 0.5) is 0 Å². The van der Waals surface area contributed by atoms with Gasteiger partial charge < -0.3 is 10.4 Å². The zero-order valence-corrected chi connectivity index (χ0v) is 13.6. The summed E-state index contributed by atoms with van der Waals surface area (Å²) >= 11 is 4.95. The highest BCUT2D eigenvalue weighted by molar-refractivity contribution is 9.10. The van der Waals surface area contributed by atoms with Crippen LogP contribution in [0.15, 0.2) is 44.5 Å². The summed E-state index contributed by atoms with van der Waals surface area (Å²) in [4.78, 5) is 0. The zero-order chi connectivity index (χ0) is 14.8. The molecular formula is C13H12BrN5OS. The third-order valence-electron chi connectivity index (χ3n) is 2.81. The molecule has 1 aromatic carbocycles. The number of nitrogen functional groups attached to an aromatic ring is 1. The Morgan fingerprint density at radius 2 is 2.14 bits per heavy atom. The summed E-state index contributed by atoms with van der Waals surface area (Å²) in [5, 5.41) is 12.8. The lowest BCUT2D eigenvalue weighted by atomic mass is 10.2. The maximum atomic E-state index is 6.08. The SMILES string of the molecule is Cc1cc(CSc2nnc(-c3ccccc3Br)n2N)no1. The van der Waals surface area contributed by atoms with Gasteiger partial charge >= 0.3 is 0 Å². The van der Waals surface area contributed by atoms with Gasteiger partial charge in [-0.25, -0.2) is 4.68 Å². The van der Waals surface area contributed by atoms with E-state index in [-0.39, 0.29) is 0 Å². The van der Waals surface area contributed by atoms with Crippen LogP contribution in [0, 0.1) is 6.92 Å². The highest BCUT2D eigenvalue weighted by Gasteiger charge is 2.14. The highest BCUT2D eigenvalue weighted by Crippen LogP contribution is 2.28. The molecule has 0 aliphatic carbocycles. The highest BCUT2D eigenvalue weighted by atomic mass is 79.9. The average molecular weight is 366 g/mol. The first-order valence-electron chi connectivity index (χ1n) is 6.15. The van der Waals surface area contributed by atoms with E-state index in [0.29, 0.717) is 16.7 Å². The molecule has 0 saturated carbocycles. The number of benzene rings is 1. The van der Waals surface area contributed by atoms with E-state index in [0.717, 1.165) is 21.5 Å². The average Bonchev–Trinajstić information content (AvgIpc) is 3.04. The summed E-state index contributed by atoms with van der Waals surface area (Å²) < 4.78 is 7.44. The van der Waals surface area contributed by atoms with Crippen LogP contribution >= 0.6 is 27.7 Å². The molecule has 2 N–H and O–H groups in total. The molecule has 3 rings (SSSR count). The first-order chi connectivity index (χ1) is 10.1. The Bertz CT molecular complexity index is 770. The van der Waals surface area contributed by atoms with Gasteiger partial charge in [-0.1, -0.05) is 45.0 Å². The number of thioether (sulfide) groups is 1. The molecule has 0 atom stereocenters. The molecule has 8 heteroatoms. The molecule has 21 heavy (non-hydrogen) atoms. The zero-order valence-electron chi connectivity index (χ0n) is 11.2. The minimum atomic E-state index is 0.612. The number of nitrogens with two attached hydrogens (primary N) is 1. The fourth-order valence-electron chi connectivity index (χ4n) is 1.83. The van der Waals surface area contributed by atoms with Gasteiger partial charge in [0.15, 0.2) is 5.82 Å². The molecule has 0 spiro atoms. The molecule has 108 valence electrons. The van der Waals surface area contributed by atoms with E-state index in [1.54, 1.807) is 0 Å². The van der Waals surface area contributed by atoms with E-state index in [9.17, 15) is 0 Å². The van der Waals surface area contributed by atoms with E-state index in [1.807, 2.05) is 37.3 Å². The van der Waals surface area contributed by atoms with Crippen molar-refractivity contribution < 1.29 is 4.52 Å². The van der Waals surface area contributed by atoms with Crippen molar-refractivity contribution in [2.45, 2.75) is 17.8 Å². The monoisotopic (exact) mass is 365 g/mol. The molecule has 0 aliphatic rings. The molecular weight excluding hydrogens is 354 g/mol. The normalized spacial score (nSPS) is 11.0. The molecule has 3 aromatic rings. The van der Waals surface area contributed by atoms with E-state index < -0.39 is 0 Å². The van der Waals surface area contributed by atoms with Gasteiger partial charge in [0.1, 0.15) is 5.76 Å². The molecule has 0 aliphatic heterocycles. The fourth-order valence-corrected chi connectivity index (χ4v) is 3.03. The number of aryl methyl sites for hydroxylation is 1. The van der Waals surface area contributed by atoms with Gasteiger partial charge in [-0.2, -0.15) is 0 Å². The first kappa shape index (κ1) is 14.2. The fraction of sp³-hybridized carbons (Fsp3) is 0.154. The van der Waals surface area contributed by atoms with Crippen molar-refractivity contribution in [1.29, 1.82) is 0 Å². The Morgan fingerprint density at radius 3 is 2.86 bits per heavy atom. The lowest BCUT2D eigenvalue weighted by Crippen LogP contribution is -2.11. The Morgan fingerprint density at radius 1 is 1.33 bits per heavy atom. The lowest BCUT2D eigenvalue weighted by Gasteiger charge is -2.04. The molecule has 0 amide bonds. The van der Waals surface area contributed by atoms with Gasteiger partial charge in [0, 0.05) is 21.9 Å². The number of hydrogen-bond donors (Lipinski definition) is 1. The lowest BCUT2D eigenvalue weighted by molar-refractivity contribution is 0.393. The second-order valence-corrected chi connectivity index (χ2v) is 6.17. The third-order valence-corrected chi connectivity index (χ3v) is 4.47. The van der Waals surface area contributed by atoms with Crippen molar-refractivity contribution in [3.63, 3.8) is 0 Å². The quantitative estimate of drug-likeness (QED) is 0.565. The predicted molar refractivity (Wildman–Crippen MR) is 84.1 cm³/mol. The number of rotatable bonds is 4. The largest absolute Gasteiger partial charge is 0.361 e. The predicted octanol–water partition coefficient (Wildman–Crippen LogP) is 3.01. The van der Waals surface area contributed by atoms with Crippen LogP contribution in [-0.2, 0) is 5.75 Å². The molecule has 2 heterocycles. The van der Waals surface area contributed by atoms with Crippen LogP contribution in [-0.4, -0.2) is 20.0 Å². The molecule has 0 fully saturated rings. The van der Waals surface area contributed by atoms with E-state index in [4.69, 9.17) is 10.4 Å². The topological polar surface area (TPSA) is 82.8 Å². The minimum Gasteiger partial charge on any atom is -0.361 e. The first-order valence-corrected chi connectivity index (χ1v) is 7.93. The molecule has 2 aromatic heterocycles. The van der Waals surface area contributed by atoms with Crippen LogP contribution in [0.2, 0.25) is 0 Å². The summed E-state index contributed by atoms with van der Waals surface area (Å²) in [6.07, 6.45) is 0. The van der Waals surface area contributed by atoms with Crippen LogP contribution in [0.1, 0.15) is 11.5 Å². The second-order valence-electron chi connectivity index (χ2n) is 4.37. The standard InChI is InChI=1S/C13H12BrN5OS/c1-8-6-9(18-20-8)7-21-13-17-16-12(19(13)15)10-4-2-3-5-11(10)14/h2-6H,7,15H2,1H3. The Kier molecular flexibility index (Phi) is 3.98. The maximum absolute atomic E-state index is 6.08. The Hall–Kier alpha value is -1.80. The van der Waals surface area contributed by atoms with Gasteiger partial charge in [0.2, 0.25) is 5.16 Å². The summed E-state index contributed by atoms with van der Waals surface area (Å²) in [5.74, 6) is 8.11. The van der Waals surface area contributed by atoms with Crippen molar-refractivity contribution in [2.75, 3.05) is 5.84 Å². The molecule has 0 radical (unpaired) electrons. The van der Waals surface area contributed by atoms with Crippen molar-refractivity contribution in [3.05, 3.63) is 46.3 Å². The number of nitrogens with zero attached hydrogens (tertiary/aromatic N) is 4. The van der Waals surface area contributed by atoms with E-state index in [1.165, 1.54) is 16.4 Å². The van der Waals surface area contributed by atoms with Gasteiger partial charge in [0.25, 0.3) is 0 Å².